The fraction of sp³-hybridized carbons (Fsp3) is 0.588. The van der Waals surface area contributed by atoms with Gasteiger partial charge in [-0.25, -0.2) is 4.39 Å². The zero-order valence-corrected chi connectivity index (χ0v) is 12.5. The monoisotopic (exact) mass is 290 g/mol. The Morgan fingerprint density at radius 2 is 2.14 bits per heavy atom. The molecule has 21 heavy (non-hydrogen) atoms. The summed E-state index contributed by atoms with van der Waals surface area (Å²) >= 11 is 0. The molecule has 2 N–H and O–H groups in total. The van der Waals surface area contributed by atoms with Crippen molar-refractivity contribution in [3.63, 3.8) is 0 Å². The average molecular weight is 290 g/mol. The highest BCUT2D eigenvalue weighted by atomic mass is 19.1. The van der Waals surface area contributed by atoms with Crippen molar-refractivity contribution in [2.45, 2.75) is 44.1 Å². The Morgan fingerprint density at radius 3 is 2.76 bits per heavy atom. The molecule has 1 heterocycles. The molecule has 1 aliphatic heterocycles. The van der Waals surface area contributed by atoms with Crippen molar-refractivity contribution in [1.29, 1.82) is 0 Å². The lowest BCUT2D eigenvalue weighted by molar-refractivity contribution is -0.136. The summed E-state index contributed by atoms with van der Waals surface area (Å²) in [5.74, 6) is 0.196. The van der Waals surface area contributed by atoms with Crippen LogP contribution in [0.1, 0.15) is 38.2 Å². The number of carbonyl (C=O) groups excluding carboxylic acids is 1. The van der Waals surface area contributed by atoms with E-state index in [1.807, 2.05) is 17.9 Å². The molecule has 0 unspecified atom stereocenters. The van der Waals surface area contributed by atoms with Crippen LogP contribution >= 0.6 is 0 Å². The first kappa shape index (κ1) is 14.5. The van der Waals surface area contributed by atoms with Crippen LogP contribution in [-0.2, 0) is 10.2 Å². The molecule has 0 aromatic heterocycles. The van der Waals surface area contributed by atoms with Gasteiger partial charge in [0.15, 0.2) is 0 Å². The van der Waals surface area contributed by atoms with E-state index in [-0.39, 0.29) is 17.8 Å². The van der Waals surface area contributed by atoms with Gasteiger partial charge in [-0.2, -0.15) is 0 Å². The van der Waals surface area contributed by atoms with Gasteiger partial charge in [-0.05, 0) is 44.6 Å². The molecule has 1 aromatic rings. The van der Waals surface area contributed by atoms with E-state index in [2.05, 4.69) is 0 Å². The van der Waals surface area contributed by atoms with Crippen LogP contribution in [0.15, 0.2) is 24.3 Å². The van der Waals surface area contributed by atoms with Crippen LogP contribution in [0.3, 0.4) is 0 Å². The van der Waals surface area contributed by atoms with Crippen molar-refractivity contribution in [2.24, 2.45) is 11.7 Å². The molecule has 0 spiro atoms. The lowest BCUT2D eigenvalue weighted by atomic mass is 9.89. The number of halogens is 1. The van der Waals surface area contributed by atoms with Crippen molar-refractivity contribution in [3.8, 4) is 0 Å². The average Bonchev–Trinajstić information content (AvgIpc) is 3.28. The van der Waals surface area contributed by atoms with Gasteiger partial charge < -0.3 is 10.6 Å². The number of benzene rings is 1. The van der Waals surface area contributed by atoms with E-state index in [4.69, 9.17) is 5.73 Å². The molecule has 1 aliphatic carbocycles. The molecular formula is C17H23FN2O. The van der Waals surface area contributed by atoms with Crippen LogP contribution in [0, 0.1) is 11.7 Å². The number of hydrogen-bond donors (Lipinski definition) is 1. The molecule has 4 heteroatoms. The van der Waals surface area contributed by atoms with Crippen LogP contribution in [0.5, 0.6) is 0 Å². The summed E-state index contributed by atoms with van der Waals surface area (Å²) in [6.07, 6.45) is 3.58. The Labute approximate surface area is 125 Å². The van der Waals surface area contributed by atoms with Gasteiger partial charge in [0.2, 0.25) is 5.91 Å². The lowest BCUT2D eigenvalue weighted by Gasteiger charge is -2.36. The summed E-state index contributed by atoms with van der Waals surface area (Å²) in [6.45, 7) is 3.49. The minimum absolute atomic E-state index is 0.0953. The Morgan fingerprint density at radius 1 is 1.43 bits per heavy atom. The molecule has 0 radical (unpaired) electrons. The van der Waals surface area contributed by atoms with Gasteiger partial charge in [0.05, 0.1) is 5.41 Å². The molecule has 1 amide bonds. The Balaban J connectivity index is 1.80. The van der Waals surface area contributed by atoms with Crippen LogP contribution in [0.25, 0.3) is 0 Å². The summed E-state index contributed by atoms with van der Waals surface area (Å²) in [5, 5.41) is 0. The molecule has 1 aromatic carbocycles. The largest absolute Gasteiger partial charge is 0.342 e. The highest BCUT2D eigenvalue weighted by Gasteiger charge is 2.54. The number of piperidine rings is 1. The zero-order chi connectivity index (χ0) is 15.0. The van der Waals surface area contributed by atoms with E-state index in [0.717, 1.165) is 32.2 Å². The van der Waals surface area contributed by atoms with Crippen LogP contribution in [-0.4, -0.2) is 29.9 Å². The molecular weight excluding hydrogens is 267 g/mol. The first-order valence-electron chi connectivity index (χ1n) is 7.84. The van der Waals surface area contributed by atoms with Crippen molar-refractivity contribution in [1.82, 2.24) is 4.90 Å². The highest BCUT2D eigenvalue weighted by molar-refractivity contribution is 5.91. The maximum Gasteiger partial charge on any atom is 0.233 e. The standard InChI is InChI=1S/C17H23FN2O/c1-12(19)13-5-4-10-20(11-13)16(21)17(8-9-17)14-6-2-3-7-15(14)18/h2-3,6-7,12-13H,4-5,8-11,19H2,1H3/t12-,13+/m0/s1. The van der Waals surface area contributed by atoms with E-state index in [0.29, 0.717) is 18.0 Å². The number of nitrogens with zero attached hydrogens (tertiary/aromatic N) is 1. The van der Waals surface area contributed by atoms with Gasteiger partial charge in [-0.3, -0.25) is 4.79 Å². The predicted octanol–water partition coefficient (Wildman–Crippen LogP) is 2.44. The molecule has 2 aliphatic rings. The van der Waals surface area contributed by atoms with Crippen molar-refractivity contribution >= 4 is 5.91 Å². The SMILES string of the molecule is C[C@H](N)[C@@H]1CCCN(C(=O)C2(c3ccccc3F)CC2)C1. The van der Waals surface area contributed by atoms with Crippen molar-refractivity contribution in [2.75, 3.05) is 13.1 Å². The van der Waals surface area contributed by atoms with Gasteiger partial charge in [0.1, 0.15) is 5.82 Å². The van der Waals surface area contributed by atoms with Crippen LogP contribution < -0.4 is 5.73 Å². The number of likely N-dealkylation sites (tertiary alicyclic amines) is 1. The Kier molecular flexibility index (Phi) is 3.74. The number of amides is 1. The minimum Gasteiger partial charge on any atom is -0.342 e. The second-order valence-electron chi connectivity index (χ2n) is 6.57. The number of rotatable bonds is 3. The van der Waals surface area contributed by atoms with Gasteiger partial charge >= 0.3 is 0 Å². The Hall–Kier alpha value is -1.42. The second-order valence-corrected chi connectivity index (χ2v) is 6.57. The number of carbonyl (C=O) groups is 1. The van der Waals surface area contributed by atoms with Crippen LogP contribution in [0.2, 0.25) is 0 Å². The zero-order valence-electron chi connectivity index (χ0n) is 12.5. The van der Waals surface area contributed by atoms with Gasteiger partial charge in [0.25, 0.3) is 0 Å². The van der Waals surface area contributed by atoms with E-state index in [9.17, 15) is 9.18 Å². The maximum absolute atomic E-state index is 14.1. The molecule has 2 fully saturated rings. The molecule has 1 saturated carbocycles. The maximum atomic E-state index is 14.1. The van der Waals surface area contributed by atoms with Crippen molar-refractivity contribution < 1.29 is 9.18 Å². The van der Waals surface area contributed by atoms with Gasteiger partial charge in [-0.15, -0.1) is 0 Å². The summed E-state index contributed by atoms with van der Waals surface area (Å²) in [7, 11) is 0. The fourth-order valence-electron chi connectivity index (χ4n) is 3.50. The fourth-order valence-corrected chi connectivity index (χ4v) is 3.50. The minimum atomic E-state index is -0.606. The third-order valence-corrected chi connectivity index (χ3v) is 5.04. The quantitative estimate of drug-likeness (QED) is 0.929. The van der Waals surface area contributed by atoms with E-state index >= 15 is 0 Å². The second kappa shape index (κ2) is 5.41. The Bertz CT molecular complexity index is 539. The summed E-state index contributed by atoms with van der Waals surface area (Å²) in [6, 6.07) is 6.79. The lowest BCUT2D eigenvalue weighted by Crippen LogP contribution is -2.48. The summed E-state index contributed by atoms with van der Waals surface area (Å²) in [5.41, 5.74) is 5.95. The molecule has 1 saturated heterocycles. The first-order valence-corrected chi connectivity index (χ1v) is 7.84. The topological polar surface area (TPSA) is 46.3 Å². The predicted molar refractivity (Wildman–Crippen MR) is 80.3 cm³/mol. The highest BCUT2D eigenvalue weighted by Crippen LogP contribution is 2.50. The molecule has 0 bridgehead atoms. The third kappa shape index (κ3) is 2.57. The molecule has 3 nitrogen and oxygen atoms in total. The third-order valence-electron chi connectivity index (χ3n) is 5.04. The van der Waals surface area contributed by atoms with Gasteiger partial charge in [0, 0.05) is 24.7 Å². The van der Waals surface area contributed by atoms with Crippen LogP contribution in [0.4, 0.5) is 4.39 Å². The number of nitrogens with two attached hydrogens (primary N) is 1. The van der Waals surface area contributed by atoms with E-state index < -0.39 is 5.41 Å². The summed E-state index contributed by atoms with van der Waals surface area (Å²) < 4.78 is 14.1. The van der Waals surface area contributed by atoms with E-state index in [1.54, 1.807) is 12.1 Å². The molecule has 2 atom stereocenters. The van der Waals surface area contributed by atoms with E-state index in [1.165, 1.54) is 6.07 Å². The van der Waals surface area contributed by atoms with Gasteiger partial charge in [-0.1, -0.05) is 18.2 Å². The van der Waals surface area contributed by atoms with Crippen molar-refractivity contribution in [3.05, 3.63) is 35.6 Å². The molecule has 114 valence electrons. The smallest absolute Gasteiger partial charge is 0.233 e. The number of hydrogen-bond acceptors (Lipinski definition) is 2. The normalized spacial score (nSPS) is 25.5. The molecule has 3 rings (SSSR count). The first-order chi connectivity index (χ1) is 10.0. The summed E-state index contributed by atoms with van der Waals surface area (Å²) in [4.78, 5) is 14.8.